The Labute approximate surface area is 173 Å². The molecule has 0 radical (unpaired) electrons. The molecule has 9 heteroatoms. The van der Waals surface area contributed by atoms with Crippen molar-refractivity contribution in [3.63, 3.8) is 0 Å². The maximum Gasteiger partial charge on any atom is 0.0558 e. The Kier molecular flexibility index (Phi) is 57.7. The molecule has 156 valence electrons. The van der Waals surface area contributed by atoms with Gasteiger partial charge in [0.25, 0.3) is 0 Å². The van der Waals surface area contributed by atoms with Crippen LogP contribution >= 0.6 is 0 Å². The summed E-state index contributed by atoms with van der Waals surface area (Å²) in [6, 6.07) is 0. The molecule has 0 aliphatic rings. The van der Waals surface area contributed by atoms with Crippen molar-refractivity contribution >= 4 is 0 Å². The summed E-state index contributed by atoms with van der Waals surface area (Å²) in [5.74, 6) is 0. The molecule has 0 aliphatic carbocycles. The fraction of sp³-hybridized carbons (Fsp3) is 1.00. The number of nitrogens with zero attached hydrogens (tertiary/aromatic N) is 2. The van der Waals surface area contributed by atoms with Gasteiger partial charge in [0.15, 0.2) is 0 Å². The first-order valence-corrected chi connectivity index (χ1v) is 8.47. The molecule has 25 heavy (non-hydrogen) atoms. The SMILES string of the molecule is CCCO.CCCO.CN(CCO)CCO.CN(CCO)CCO.[Zr]. The third kappa shape index (κ3) is 59.0. The molecule has 0 fully saturated rings. The molecule has 0 atom stereocenters. The van der Waals surface area contributed by atoms with Crippen LogP contribution in [0.3, 0.4) is 0 Å². The van der Waals surface area contributed by atoms with Gasteiger partial charge in [0.1, 0.15) is 0 Å². The smallest absolute Gasteiger partial charge is 0.0558 e. The molecule has 0 heterocycles. The topological polar surface area (TPSA) is 128 Å². The minimum Gasteiger partial charge on any atom is -0.396 e. The third-order valence-electron chi connectivity index (χ3n) is 2.37. The van der Waals surface area contributed by atoms with Crippen LogP contribution in [-0.4, -0.2) is 120 Å². The maximum absolute atomic E-state index is 8.34. The molecular formula is C16H42N2O6Zr. The Balaban J connectivity index is -0.0000000739. The molecule has 0 rings (SSSR count). The second kappa shape index (κ2) is 39.6. The van der Waals surface area contributed by atoms with Gasteiger partial charge in [-0.15, -0.1) is 0 Å². The van der Waals surface area contributed by atoms with Gasteiger partial charge in [-0.1, -0.05) is 13.8 Å². The van der Waals surface area contributed by atoms with Gasteiger partial charge >= 0.3 is 0 Å². The Morgan fingerprint density at radius 3 is 0.720 bits per heavy atom. The van der Waals surface area contributed by atoms with E-state index < -0.39 is 0 Å². The van der Waals surface area contributed by atoms with E-state index in [1.807, 2.05) is 37.7 Å². The molecule has 0 saturated carbocycles. The van der Waals surface area contributed by atoms with Crippen LogP contribution in [0.4, 0.5) is 0 Å². The van der Waals surface area contributed by atoms with E-state index in [4.69, 9.17) is 30.6 Å². The molecule has 0 bridgehead atoms. The summed E-state index contributed by atoms with van der Waals surface area (Å²) in [6.07, 6.45) is 1.75. The van der Waals surface area contributed by atoms with Crippen LogP contribution in [0.1, 0.15) is 26.7 Å². The molecule has 0 spiro atoms. The molecule has 0 saturated heterocycles. The molecule has 8 nitrogen and oxygen atoms in total. The van der Waals surface area contributed by atoms with Crippen molar-refractivity contribution in [2.75, 3.05) is 79.9 Å². The summed E-state index contributed by atoms with van der Waals surface area (Å²) in [5.41, 5.74) is 0. The summed E-state index contributed by atoms with van der Waals surface area (Å²) in [6.45, 7) is 7.71. The van der Waals surface area contributed by atoms with Crippen LogP contribution in [0.5, 0.6) is 0 Å². The first-order chi connectivity index (χ1) is 11.4. The molecule has 6 N–H and O–H groups in total. The van der Waals surface area contributed by atoms with E-state index >= 15 is 0 Å². The molecule has 0 aromatic rings. The molecule has 0 unspecified atom stereocenters. The standard InChI is InChI=1S/2C5H13NO2.2C3H8O.Zr/c2*1-6(2-4-7)3-5-8;2*1-2-3-4;/h2*7-8H,2-5H2,1H3;2*4H,2-3H2,1H3;. The molecule has 0 aromatic heterocycles. The number of aliphatic hydroxyl groups excluding tert-OH is 6. The van der Waals surface area contributed by atoms with Gasteiger partial charge in [-0.2, -0.15) is 0 Å². The van der Waals surface area contributed by atoms with Crippen LogP contribution in [0.15, 0.2) is 0 Å². The zero-order valence-corrected chi connectivity index (χ0v) is 19.0. The summed E-state index contributed by atoms with van der Waals surface area (Å²) in [5, 5.41) is 49.1. The first kappa shape index (κ1) is 36.5. The van der Waals surface area contributed by atoms with Crippen molar-refractivity contribution < 1.29 is 56.8 Å². The minimum absolute atomic E-state index is 0. The van der Waals surface area contributed by atoms with Crippen LogP contribution in [0.25, 0.3) is 0 Å². The van der Waals surface area contributed by atoms with E-state index in [0.717, 1.165) is 12.8 Å². The fourth-order valence-electron chi connectivity index (χ4n) is 0.906. The minimum atomic E-state index is 0. The molecule has 0 amide bonds. The number of rotatable bonds is 10. The van der Waals surface area contributed by atoms with Gasteiger partial charge in [-0.05, 0) is 26.9 Å². The predicted octanol–water partition coefficient (Wildman–Crippen LogP) is -1.42. The quantitative estimate of drug-likeness (QED) is 0.240. The van der Waals surface area contributed by atoms with E-state index in [1.54, 1.807) is 0 Å². The second-order valence-corrected chi connectivity index (χ2v) is 4.95. The van der Waals surface area contributed by atoms with Crippen molar-refractivity contribution in [1.82, 2.24) is 9.80 Å². The Morgan fingerprint density at radius 1 is 0.480 bits per heavy atom. The Hall–Kier alpha value is 0.563. The van der Waals surface area contributed by atoms with Crippen LogP contribution < -0.4 is 0 Å². The van der Waals surface area contributed by atoms with Gasteiger partial charge in [0.2, 0.25) is 0 Å². The Bertz CT molecular complexity index is 151. The average Bonchev–Trinajstić information content (AvgIpc) is 2.57. The van der Waals surface area contributed by atoms with Gasteiger partial charge in [-0.3, -0.25) is 0 Å². The summed E-state index contributed by atoms with van der Waals surface area (Å²) >= 11 is 0. The zero-order chi connectivity index (χ0) is 19.6. The Morgan fingerprint density at radius 2 is 0.640 bits per heavy atom. The van der Waals surface area contributed by atoms with Crippen molar-refractivity contribution in [2.45, 2.75) is 26.7 Å². The molecule has 0 aliphatic heterocycles. The van der Waals surface area contributed by atoms with E-state index in [9.17, 15) is 0 Å². The molecular weight excluding hydrogens is 407 g/mol. The van der Waals surface area contributed by atoms with Gasteiger partial charge < -0.3 is 40.4 Å². The van der Waals surface area contributed by atoms with Crippen molar-refractivity contribution in [2.24, 2.45) is 0 Å². The zero-order valence-electron chi connectivity index (χ0n) is 16.6. The van der Waals surface area contributed by atoms with Crippen LogP contribution in [-0.2, 0) is 26.2 Å². The normalized spacial score (nSPS) is 9.12. The average molecular weight is 450 g/mol. The number of hydrogen-bond acceptors (Lipinski definition) is 8. The second-order valence-electron chi connectivity index (χ2n) is 4.95. The third-order valence-corrected chi connectivity index (χ3v) is 2.37. The molecule has 0 aromatic carbocycles. The van der Waals surface area contributed by atoms with Gasteiger partial charge in [0.05, 0.1) is 26.4 Å². The van der Waals surface area contributed by atoms with Crippen molar-refractivity contribution in [3.8, 4) is 0 Å². The first-order valence-electron chi connectivity index (χ1n) is 8.47. The number of likely N-dealkylation sites (N-methyl/N-ethyl adjacent to an activating group) is 2. The van der Waals surface area contributed by atoms with Gasteiger partial charge in [0, 0.05) is 65.6 Å². The van der Waals surface area contributed by atoms with E-state index in [2.05, 4.69) is 0 Å². The summed E-state index contributed by atoms with van der Waals surface area (Å²) in [7, 11) is 3.71. The summed E-state index contributed by atoms with van der Waals surface area (Å²) in [4.78, 5) is 3.72. The van der Waals surface area contributed by atoms with Crippen LogP contribution in [0, 0.1) is 0 Å². The fourth-order valence-corrected chi connectivity index (χ4v) is 0.906. The monoisotopic (exact) mass is 448 g/mol. The number of hydrogen-bond donors (Lipinski definition) is 6. The largest absolute Gasteiger partial charge is 0.396 e. The predicted molar refractivity (Wildman–Crippen MR) is 98.1 cm³/mol. The van der Waals surface area contributed by atoms with E-state index in [-0.39, 0.29) is 52.6 Å². The number of aliphatic hydroxyl groups is 6. The van der Waals surface area contributed by atoms with Crippen molar-refractivity contribution in [1.29, 1.82) is 0 Å². The van der Waals surface area contributed by atoms with Crippen LogP contribution in [0.2, 0.25) is 0 Å². The van der Waals surface area contributed by atoms with Crippen molar-refractivity contribution in [3.05, 3.63) is 0 Å². The summed E-state index contributed by atoms with van der Waals surface area (Å²) < 4.78 is 0. The van der Waals surface area contributed by atoms with Gasteiger partial charge in [-0.25, -0.2) is 0 Å². The van der Waals surface area contributed by atoms with E-state index in [0.29, 0.717) is 39.4 Å². The maximum atomic E-state index is 8.34. The van der Waals surface area contributed by atoms with E-state index in [1.165, 1.54) is 0 Å².